The molecular weight excluding hydrogens is 748 g/mol. The third kappa shape index (κ3) is 16.5. The van der Waals surface area contributed by atoms with Crippen LogP contribution in [0.25, 0.3) is 0 Å². The Kier molecular flexibility index (Phi) is 21.6. The van der Waals surface area contributed by atoms with Crippen LogP contribution in [0.5, 0.6) is 0 Å². The SMILES string of the molecule is CCCC(=O)N(C)[C@H](SCCCCC(C(=O)OC)C(=O)OC)C(=O)N(C)[C@@H](CC(C)(C)O)C(=O)NC(=O)N(C)C(=O)N[C@H](C)C(=O)NC(=O)N(C)C(=O)NC. The number of esters is 2. The highest BCUT2D eigenvalue weighted by Gasteiger charge is 2.39. The number of urea groups is 4. The molecule has 0 aliphatic carbocycles. The zero-order chi connectivity index (χ0) is 42.8. The maximum atomic E-state index is 14.0. The average Bonchev–Trinajstić information content (AvgIpc) is 3.13. The fraction of sp³-hybridized carbons (Fsp3) is 0.697. The third-order valence-corrected chi connectivity index (χ3v) is 9.35. The molecule has 0 spiro atoms. The molecule has 12 amide bonds. The lowest BCUT2D eigenvalue weighted by Gasteiger charge is -2.36. The molecule has 22 heteroatoms. The number of rotatable bonds is 18. The molecule has 0 fully saturated rings. The summed E-state index contributed by atoms with van der Waals surface area (Å²) in [5.41, 5.74) is -1.56. The molecule has 0 unspecified atom stereocenters. The number of carbonyl (C=O) groups excluding carboxylic acids is 10. The second-order valence-corrected chi connectivity index (χ2v) is 14.2. The molecule has 3 atom stereocenters. The van der Waals surface area contributed by atoms with Crippen LogP contribution >= 0.6 is 11.8 Å². The van der Waals surface area contributed by atoms with Gasteiger partial charge in [-0.25, -0.2) is 29.0 Å². The second kappa shape index (κ2) is 23.7. The van der Waals surface area contributed by atoms with E-state index >= 15 is 0 Å². The molecule has 0 aliphatic rings. The van der Waals surface area contributed by atoms with Gasteiger partial charge < -0.3 is 35.0 Å². The maximum Gasteiger partial charge on any atom is 0.331 e. The monoisotopic (exact) mass is 804 g/mol. The number of methoxy groups -OCH3 is 2. The smallest absolute Gasteiger partial charge is 0.331 e. The number of nitrogens with zero attached hydrogens (tertiary/aromatic N) is 4. The number of nitrogens with one attached hydrogen (secondary N) is 4. The van der Waals surface area contributed by atoms with Gasteiger partial charge in [0, 0.05) is 48.1 Å². The minimum atomic E-state index is -1.56. The minimum absolute atomic E-state index is 0.111. The van der Waals surface area contributed by atoms with Crippen LogP contribution in [0.3, 0.4) is 0 Å². The van der Waals surface area contributed by atoms with Gasteiger partial charge in [-0.3, -0.25) is 39.4 Å². The van der Waals surface area contributed by atoms with E-state index in [2.05, 4.69) is 20.1 Å². The molecule has 0 saturated heterocycles. The zero-order valence-electron chi connectivity index (χ0n) is 33.3. The fourth-order valence-electron chi connectivity index (χ4n) is 4.61. The predicted molar refractivity (Wildman–Crippen MR) is 198 cm³/mol. The Morgan fingerprint density at radius 1 is 0.764 bits per heavy atom. The van der Waals surface area contributed by atoms with E-state index in [0.29, 0.717) is 29.1 Å². The molecule has 21 nitrogen and oxygen atoms in total. The summed E-state index contributed by atoms with van der Waals surface area (Å²) in [6.45, 7) is 5.71. The van der Waals surface area contributed by atoms with Crippen molar-refractivity contribution in [1.29, 1.82) is 0 Å². The molecule has 0 aromatic heterocycles. The van der Waals surface area contributed by atoms with Crippen molar-refractivity contribution in [3.63, 3.8) is 0 Å². The molecule has 0 aromatic rings. The number of hydrogen-bond donors (Lipinski definition) is 5. The van der Waals surface area contributed by atoms with Gasteiger partial charge in [-0.15, -0.1) is 11.8 Å². The van der Waals surface area contributed by atoms with Gasteiger partial charge in [-0.05, 0) is 45.8 Å². The molecule has 0 rings (SSSR count). The Bertz CT molecular complexity index is 1410. The number of thioether (sulfide) groups is 1. The number of unbranched alkanes of at least 4 members (excludes halogenated alkanes) is 1. The van der Waals surface area contributed by atoms with E-state index in [4.69, 9.17) is 0 Å². The van der Waals surface area contributed by atoms with Crippen molar-refractivity contribution in [3.05, 3.63) is 0 Å². The standard InChI is InChI=1S/C33H56N8O13S/c1-12-15-22(42)39(7)26(55-17-14-13-16-20(27(46)53-10)28(47)54-11)25(45)38(6)21(18-33(3,4)52)24(44)37-32(51)41(9)30(49)35-19(2)23(43)36-31(50)40(8)29(48)34-5/h19-21,26,52H,12-18H2,1-11H3,(H,34,48)(H,35,49)(H,36,43,50)(H,37,44,51)/t19-,21+,26-/m1/s1. The molecular formula is C33H56N8O13S. The lowest BCUT2D eigenvalue weighted by atomic mass is 9.97. The Labute approximate surface area is 324 Å². The molecule has 312 valence electrons. The average molecular weight is 805 g/mol. The first-order valence-corrected chi connectivity index (χ1v) is 18.2. The molecule has 0 aromatic carbocycles. The van der Waals surface area contributed by atoms with E-state index in [1.807, 2.05) is 10.6 Å². The fourth-order valence-corrected chi connectivity index (χ4v) is 5.85. The van der Waals surface area contributed by atoms with Gasteiger partial charge in [0.05, 0.1) is 19.8 Å². The highest BCUT2D eigenvalue weighted by atomic mass is 32.2. The Hall–Kier alpha value is -4.99. The van der Waals surface area contributed by atoms with Crippen LogP contribution in [0, 0.1) is 5.92 Å². The van der Waals surface area contributed by atoms with Crippen LogP contribution in [0.2, 0.25) is 0 Å². The number of carbonyl (C=O) groups is 10. The molecule has 5 N–H and O–H groups in total. The molecule has 0 radical (unpaired) electrons. The quantitative estimate of drug-likeness (QED) is 0.0536. The summed E-state index contributed by atoms with van der Waals surface area (Å²) < 4.78 is 9.35. The van der Waals surface area contributed by atoms with E-state index in [-0.39, 0.29) is 30.9 Å². The van der Waals surface area contributed by atoms with Crippen molar-refractivity contribution in [2.24, 2.45) is 5.92 Å². The molecule has 0 saturated carbocycles. The molecule has 0 heterocycles. The summed E-state index contributed by atoms with van der Waals surface area (Å²) in [6, 6.07) is -7.24. The van der Waals surface area contributed by atoms with E-state index in [9.17, 15) is 53.1 Å². The largest absolute Gasteiger partial charge is 0.468 e. The zero-order valence-corrected chi connectivity index (χ0v) is 34.1. The van der Waals surface area contributed by atoms with Gasteiger partial charge in [0.1, 0.15) is 12.1 Å². The number of amides is 12. The lowest BCUT2D eigenvalue weighted by Crippen LogP contribution is -2.58. The minimum Gasteiger partial charge on any atom is -0.468 e. The first kappa shape index (κ1) is 50.0. The summed E-state index contributed by atoms with van der Waals surface area (Å²) in [7, 11) is 8.32. The van der Waals surface area contributed by atoms with Crippen LogP contribution in [-0.2, 0) is 38.2 Å². The first-order chi connectivity index (χ1) is 25.5. The van der Waals surface area contributed by atoms with E-state index in [1.165, 1.54) is 46.8 Å². The van der Waals surface area contributed by atoms with Gasteiger partial charge in [0.15, 0.2) is 11.3 Å². The second-order valence-electron chi connectivity index (χ2n) is 13.0. The van der Waals surface area contributed by atoms with Crippen LogP contribution in [0.15, 0.2) is 0 Å². The van der Waals surface area contributed by atoms with Crippen LogP contribution in [0.4, 0.5) is 19.2 Å². The van der Waals surface area contributed by atoms with Crippen LogP contribution in [0.1, 0.15) is 66.2 Å². The van der Waals surface area contributed by atoms with Crippen molar-refractivity contribution < 1.29 is 62.5 Å². The summed E-state index contributed by atoms with van der Waals surface area (Å²) in [5, 5.41) is 17.8. The van der Waals surface area contributed by atoms with Crippen molar-refractivity contribution in [2.75, 3.05) is 55.2 Å². The van der Waals surface area contributed by atoms with Crippen molar-refractivity contribution in [1.82, 2.24) is 40.9 Å². The van der Waals surface area contributed by atoms with E-state index < -0.39 is 82.8 Å². The molecule has 0 bridgehead atoms. The predicted octanol–water partition coefficient (Wildman–Crippen LogP) is 0.198. The first-order valence-electron chi connectivity index (χ1n) is 17.2. The maximum absolute atomic E-state index is 14.0. The molecule has 0 aliphatic heterocycles. The van der Waals surface area contributed by atoms with Crippen molar-refractivity contribution in [3.8, 4) is 0 Å². The summed E-state index contributed by atoms with van der Waals surface area (Å²) in [6.07, 6.45) is 1.08. The normalized spacial score (nSPS) is 12.5. The van der Waals surface area contributed by atoms with Crippen molar-refractivity contribution in [2.45, 2.75) is 89.3 Å². The summed E-state index contributed by atoms with van der Waals surface area (Å²) >= 11 is 1.07. The molecule has 55 heavy (non-hydrogen) atoms. The van der Waals surface area contributed by atoms with Crippen LogP contribution < -0.4 is 21.3 Å². The number of hydrogen-bond acceptors (Lipinski definition) is 14. The van der Waals surface area contributed by atoms with Crippen LogP contribution in [-0.4, -0.2) is 163 Å². The number of aliphatic hydroxyl groups is 1. The highest BCUT2D eigenvalue weighted by molar-refractivity contribution is 8.00. The number of imide groups is 4. The van der Waals surface area contributed by atoms with E-state index in [1.54, 1.807) is 6.92 Å². The van der Waals surface area contributed by atoms with Crippen molar-refractivity contribution >= 4 is 71.5 Å². The topological polar surface area (TPSA) is 270 Å². The van der Waals surface area contributed by atoms with Gasteiger partial charge in [-0.1, -0.05) is 13.3 Å². The van der Waals surface area contributed by atoms with Gasteiger partial charge >= 0.3 is 36.1 Å². The third-order valence-electron chi connectivity index (χ3n) is 7.99. The number of ether oxygens (including phenoxy) is 2. The highest BCUT2D eigenvalue weighted by Crippen LogP contribution is 2.24. The summed E-state index contributed by atoms with van der Waals surface area (Å²) in [4.78, 5) is 130. The van der Waals surface area contributed by atoms with E-state index in [0.717, 1.165) is 45.0 Å². The van der Waals surface area contributed by atoms with Gasteiger partial charge in [0.2, 0.25) is 11.8 Å². The van der Waals surface area contributed by atoms with Gasteiger partial charge in [-0.2, -0.15) is 0 Å². The Morgan fingerprint density at radius 3 is 1.75 bits per heavy atom. The van der Waals surface area contributed by atoms with Gasteiger partial charge in [0.25, 0.3) is 11.8 Å². The number of likely N-dealkylation sites (N-methyl/N-ethyl adjacent to an activating group) is 2. The Morgan fingerprint density at radius 2 is 1.27 bits per heavy atom. The summed E-state index contributed by atoms with van der Waals surface area (Å²) in [5.74, 6) is -5.55. The Balaban J connectivity index is 5.97. The lowest BCUT2D eigenvalue weighted by molar-refractivity contribution is -0.159.